The van der Waals surface area contributed by atoms with Gasteiger partial charge in [0.2, 0.25) is 0 Å². The first-order valence-corrected chi connectivity index (χ1v) is 9.50. The van der Waals surface area contributed by atoms with Crippen molar-refractivity contribution in [3.63, 3.8) is 0 Å². The third-order valence-electron chi connectivity index (χ3n) is 4.88. The quantitative estimate of drug-likeness (QED) is 0.509. The zero-order chi connectivity index (χ0) is 18.8. The number of carbonyl (C=O) groups is 2. The van der Waals surface area contributed by atoms with Crippen molar-refractivity contribution in [3.05, 3.63) is 29.3 Å². The minimum Gasteiger partial charge on any atom is -0.494 e. The third-order valence-corrected chi connectivity index (χ3v) is 4.88. The molecule has 2 aliphatic rings. The van der Waals surface area contributed by atoms with E-state index >= 15 is 0 Å². The van der Waals surface area contributed by atoms with Gasteiger partial charge in [0, 0.05) is 6.04 Å². The number of carboxylic acid groups (broad SMARTS) is 2. The van der Waals surface area contributed by atoms with Crippen LogP contribution in [0, 0.1) is 0 Å². The molecule has 0 aromatic heterocycles. The van der Waals surface area contributed by atoms with Gasteiger partial charge in [0.05, 0.1) is 6.61 Å². The topological polar surface area (TPSA) is 95.9 Å². The van der Waals surface area contributed by atoms with Crippen LogP contribution in [0.5, 0.6) is 5.75 Å². The number of fused-ring (bicyclic) bond motifs is 1. The van der Waals surface area contributed by atoms with Crippen LogP contribution in [0.15, 0.2) is 18.2 Å². The molecule has 3 N–H and O–H groups in total. The van der Waals surface area contributed by atoms with E-state index in [1.54, 1.807) is 0 Å². The molecule has 0 bridgehead atoms. The predicted molar refractivity (Wildman–Crippen MR) is 98.7 cm³/mol. The Balaban J connectivity index is 0.000000352. The summed E-state index contributed by atoms with van der Waals surface area (Å²) in [7, 11) is 0. The second-order valence-corrected chi connectivity index (χ2v) is 6.89. The lowest BCUT2D eigenvalue weighted by atomic mass is 10.1. The van der Waals surface area contributed by atoms with E-state index in [1.807, 2.05) is 0 Å². The number of hydrogen-bond acceptors (Lipinski definition) is 4. The Labute approximate surface area is 154 Å². The normalized spacial score (nSPS) is 15.8. The molecule has 2 aliphatic carbocycles. The van der Waals surface area contributed by atoms with Crippen LogP contribution in [0.1, 0.15) is 56.1 Å². The molecule has 26 heavy (non-hydrogen) atoms. The van der Waals surface area contributed by atoms with E-state index in [9.17, 15) is 0 Å². The van der Waals surface area contributed by atoms with Crippen LogP contribution in [-0.2, 0) is 22.4 Å². The molecule has 0 heterocycles. The van der Waals surface area contributed by atoms with E-state index in [0.29, 0.717) is 0 Å². The minimum absolute atomic E-state index is 0.799. The molecular formula is C20H29NO5. The molecule has 0 unspecified atom stereocenters. The zero-order valence-corrected chi connectivity index (χ0v) is 15.2. The van der Waals surface area contributed by atoms with E-state index in [2.05, 4.69) is 23.5 Å². The van der Waals surface area contributed by atoms with Crippen molar-refractivity contribution in [1.82, 2.24) is 5.32 Å². The number of ether oxygens (including phenoxy) is 1. The average molecular weight is 363 g/mol. The van der Waals surface area contributed by atoms with Gasteiger partial charge in [-0.2, -0.15) is 0 Å². The van der Waals surface area contributed by atoms with Gasteiger partial charge in [-0.25, -0.2) is 9.59 Å². The van der Waals surface area contributed by atoms with Crippen molar-refractivity contribution in [3.8, 4) is 5.75 Å². The fourth-order valence-electron chi connectivity index (χ4n) is 3.49. The molecule has 0 atom stereocenters. The molecule has 0 amide bonds. The van der Waals surface area contributed by atoms with E-state index in [-0.39, 0.29) is 0 Å². The molecule has 0 aliphatic heterocycles. The molecular weight excluding hydrogens is 334 g/mol. The summed E-state index contributed by atoms with van der Waals surface area (Å²) in [4.78, 5) is 18.2. The maximum absolute atomic E-state index is 9.10. The highest BCUT2D eigenvalue weighted by atomic mass is 16.5. The smallest absolute Gasteiger partial charge is 0.414 e. The number of aliphatic carboxylic acids is 2. The van der Waals surface area contributed by atoms with E-state index in [1.165, 1.54) is 62.5 Å². The third kappa shape index (κ3) is 7.04. The van der Waals surface area contributed by atoms with Gasteiger partial charge in [-0.3, -0.25) is 0 Å². The van der Waals surface area contributed by atoms with Crippen molar-refractivity contribution >= 4 is 11.9 Å². The standard InChI is InChI=1S/C18H27NO.C2H2O4/c1-2-9-17(8-1)19-12-3-4-13-20-18-11-10-15-6-5-7-16(15)14-18;3-1(4)2(5)6/h10-11,14,17,19H,1-9,12-13H2;(H,3,4)(H,5,6). The number of unbranched alkanes of at least 4 members (excludes halogenated alkanes) is 1. The van der Waals surface area contributed by atoms with Crippen molar-refractivity contribution in [2.45, 2.75) is 63.8 Å². The molecule has 3 rings (SSSR count). The van der Waals surface area contributed by atoms with Crippen LogP contribution >= 0.6 is 0 Å². The van der Waals surface area contributed by atoms with Crippen LogP contribution < -0.4 is 10.1 Å². The summed E-state index contributed by atoms with van der Waals surface area (Å²) in [5.41, 5.74) is 3.03. The van der Waals surface area contributed by atoms with Crippen molar-refractivity contribution in [1.29, 1.82) is 0 Å². The zero-order valence-electron chi connectivity index (χ0n) is 15.2. The molecule has 0 saturated heterocycles. The highest BCUT2D eigenvalue weighted by Gasteiger charge is 2.13. The van der Waals surface area contributed by atoms with Crippen molar-refractivity contribution in [2.24, 2.45) is 0 Å². The van der Waals surface area contributed by atoms with Gasteiger partial charge in [-0.05, 0) is 74.8 Å². The Bertz CT molecular complexity index is 584. The number of benzene rings is 1. The Hall–Kier alpha value is -2.08. The second kappa shape index (κ2) is 10.8. The predicted octanol–water partition coefficient (Wildman–Crippen LogP) is 3.02. The van der Waals surface area contributed by atoms with Crippen LogP contribution in [-0.4, -0.2) is 41.3 Å². The van der Waals surface area contributed by atoms with Crippen LogP contribution in [0.4, 0.5) is 0 Å². The summed E-state index contributed by atoms with van der Waals surface area (Å²) in [6, 6.07) is 7.44. The molecule has 1 fully saturated rings. The van der Waals surface area contributed by atoms with Gasteiger partial charge in [-0.1, -0.05) is 18.9 Å². The first-order chi connectivity index (χ1) is 12.6. The number of nitrogens with one attached hydrogen (secondary N) is 1. The van der Waals surface area contributed by atoms with Gasteiger partial charge in [0.1, 0.15) is 5.75 Å². The largest absolute Gasteiger partial charge is 0.494 e. The molecule has 1 aromatic carbocycles. The number of hydrogen-bond donors (Lipinski definition) is 3. The van der Waals surface area contributed by atoms with Crippen molar-refractivity contribution < 1.29 is 24.5 Å². The lowest BCUT2D eigenvalue weighted by molar-refractivity contribution is -0.159. The molecule has 6 nitrogen and oxygen atoms in total. The average Bonchev–Trinajstić information content (AvgIpc) is 3.29. The Morgan fingerprint density at radius 3 is 2.38 bits per heavy atom. The van der Waals surface area contributed by atoms with E-state index < -0.39 is 11.9 Å². The lowest BCUT2D eigenvalue weighted by Gasteiger charge is -2.12. The van der Waals surface area contributed by atoms with E-state index in [0.717, 1.165) is 31.4 Å². The molecule has 6 heteroatoms. The molecule has 144 valence electrons. The van der Waals surface area contributed by atoms with Gasteiger partial charge in [0.15, 0.2) is 0 Å². The number of carboxylic acids is 2. The van der Waals surface area contributed by atoms with Crippen LogP contribution in [0.25, 0.3) is 0 Å². The van der Waals surface area contributed by atoms with Crippen LogP contribution in [0.2, 0.25) is 0 Å². The van der Waals surface area contributed by atoms with Gasteiger partial charge >= 0.3 is 11.9 Å². The number of aryl methyl sites for hydroxylation is 2. The highest BCUT2D eigenvalue weighted by Crippen LogP contribution is 2.26. The first-order valence-electron chi connectivity index (χ1n) is 9.50. The molecule has 0 spiro atoms. The second-order valence-electron chi connectivity index (χ2n) is 6.89. The summed E-state index contributed by atoms with van der Waals surface area (Å²) in [6.07, 6.45) is 11.8. The first kappa shape index (κ1) is 20.2. The maximum Gasteiger partial charge on any atom is 0.414 e. The van der Waals surface area contributed by atoms with Gasteiger partial charge in [0.25, 0.3) is 0 Å². The fourth-order valence-corrected chi connectivity index (χ4v) is 3.49. The lowest BCUT2D eigenvalue weighted by Crippen LogP contribution is -2.27. The Morgan fingerprint density at radius 2 is 1.69 bits per heavy atom. The monoisotopic (exact) mass is 363 g/mol. The Morgan fingerprint density at radius 1 is 1.00 bits per heavy atom. The molecule has 1 aromatic rings. The van der Waals surface area contributed by atoms with Crippen molar-refractivity contribution in [2.75, 3.05) is 13.2 Å². The highest BCUT2D eigenvalue weighted by molar-refractivity contribution is 6.27. The summed E-state index contributed by atoms with van der Waals surface area (Å²) in [5, 5.41) is 18.4. The SMILES string of the molecule is O=C(O)C(=O)O.c1cc2c(cc1OCCCCNC1CCCC1)CCC2. The van der Waals surface area contributed by atoms with E-state index in [4.69, 9.17) is 24.5 Å². The van der Waals surface area contributed by atoms with Gasteiger partial charge < -0.3 is 20.3 Å². The van der Waals surface area contributed by atoms with Gasteiger partial charge in [-0.15, -0.1) is 0 Å². The molecule has 0 radical (unpaired) electrons. The Kier molecular flexibility index (Phi) is 8.41. The summed E-state index contributed by atoms with van der Waals surface area (Å²) in [5.74, 6) is -2.58. The minimum atomic E-state index is -1.82. The molecule has 1 saturated carbocycles. The number of rotatable bonds is 7. The summed E-state index contributed by atoms with van der Waals surface area (Å²) in [6.45, 7) is 2.00. The maximum atomic E-state index is 9.10. The summed E-state index contributed by atoms with van der Waals surface area (Å²) >= 11 is 0. The fraction of sp³-hybridized carbons (Fsp3) is 0.600. The summed E-state index contributed by atoms with van der Waals surface area (Å²) < 4.78 is 5.88. The van der Waals surface area contributed by atoms with Crippen LogP contribution in [0.3, 0.4) is 0 Å².